The number of rotatable bonds is 4. The van der Waals surface area contributed by atoms with Gasteiger partial charge in [0.2, 0.25) is 5.91 Å². The Balaban J connectivity index is 2.27. The van der Waals surface area contributed by atoms with Gasteiger partial charge >= 0.3 is 0 Å². The van der Waals surface area contributed by atoms with Crippen LogP contribution >= 0.6 is 0 Å². The molecule has 0 aromatic carbocycles. The van der Waals surface area contributed by atoms with E-state index in [1.807, 2.05) is 0 Å². The number of amides is 1. The zero-order valence-electron chi connectivity index (χ0n) is 9.55. The molecule has 2 unspecified atom stereocenters. The summed E-state index contributed by atoms with van der Waals surface area (Å²) in [6.45, 7) is 2.73. The van der Waals surface area contributed by atoms with E-state index in [0.717, 1.165) is 5.92 Å². The van der Waals surface area contributed by atoms with E-state index in [1.54, 1.807) is 19.0 Å². The lowest BCUT2D eigenvalue weighted by Crippen LogP contribution is -2.40. The molecular formula is C11H22N2O. The summed E-state index contributed by atoms with van der Waals surface area (Å²) in [5, 5.41) is 3.37. The van der Waals surface area contributed by atoms with Crippen LogP contribution in [-0.4, -0.2) is 37.5 Å². The predicted octanol–water partition coefficient (Wildman–Crippen LogP) is 1.24. The van der Waals surface area contributed by atoms with Gasteiger partial charge in [-0.1, -0.05) is 19.8 Å². The van der Waals surface area contributed by atoms with Gasteiger partial charge in [0.05, 0.1) is 6.54 Å². The van der Waals surface area contributed by atoms with Gasteiger partial charge in [-0.3, -0.25) is 4.79 Å². The number of carbonyl (C=O) groups excluding carboxylic acids is 1. The van der Waals surface area contributed by atoms with Crippen molar-refractivity contribution >= 4 is 5.91 Å². The van der Waals surface area contributed by atoms with Crippen LogP contribution in [0.25, 0.3) is 0 Å². The Morgan fingerprint density at radius 3 is 2.71 bits per heavy atom. The van der Waals surface area contributed by atoms with Crippen LogP contribution in [0, 0.1) is 5.92 Å². The molecule has 0 heterocycles. The van der Waals surface area contributed by atoms with Gasteiger partial charge in [-0.15, -0.1) is 0 Å². The SMILES string of the molecule is CCC1CCCC1NCC(=O)N(C)C. The second-order valence-corrected chi connectivity index (χ2v) is 4.37. The third-order valence-electron chi connectivity index (χ3n) is 3.20. The molecule has 1 saturated carbocycles. The molecule has 1 fully saturated rings. The van der Waals surface area contributed by atoms with Crippen LogP contribution in [0.4, 0.5) is 0 Å². The van der Waals surface area contributed by atoms with Crippen LogP contribution in [0.2, 0.25) is 0 Å². The molecule has 1 rings (SSSR count). The topological polar surface area (TPSA) is 32.3 Å². The van der Waals surface area contributed by atoms with E-state index in [2.05, 4.69) is 12.2 Å². The number of hydrogen-bond donors (Lipinski definition) is 1. The third kappa shape index (κ3) is 2.98. The van der Waals surface area contributed by atoms with Gasteiger partial charge in [0.1, 0.15) is 0 Å². The molecule has 3 nitrogen and oxygen atoms in total. The van der Waals surface area contributed by atoms with Crippen LogP contribution in [-0.2, 0) is 4.79 Å². The van der Waals surface area contributed by atoms with Crippen molar-refractivity contribution in [2.45, 2.75) is 38.6 Å². The fourth-order valence-corrected chi connectivity index (χ4v) is 2.17. The minimum absolute atomic E-state index is 0.173. The van der Waals surface area contributed by atoms with Gasteiger partial charge in [0, 0.05) is 20.1 Å². The quantitative estimate of drug-likeness (QED) is 0.737. The first-order valence-corrected chi connectivity index (χ1v) is 5.58. The third-order valence-corrected chi connectivity index (χ3v) is 3.20. The monoisotopic (exact) mass is 198 g/mol. The second kappa shape index (κ2) is 5.35. The normalized spacial score (nSPS) is 26.5. The predicted molar refractivity (Wildman–Crippen MR) is 58.1 cm³/mol. The van der Waals surface area contributed by atoms with Gasteiger partial charge in [-0.05, 0) is 18.8 Å². The maximum atomic E-state index is 11.4. The van der Waals surface area contributed by atoms with Crippen molar-refractivity contribution in [3.63, 3.8) is 0 Å². The maximum absolute atomic E-state index is 11.4. The summed E-state index contributed by atoms with van der Waals surface area (Å²) in [6, 6.07) is 0.573. The molecule has 1 amide bonds. The van der Waals surface area contributed by atoms with E-state index in [-0.39, 0.29) is 5.91 Å². The van der Waals surface area contributed by atoms with E-state index in [1.165, 1.54) is 25.7 Å². The number of hydrogen-bond acceptors (Lipinski definition) is 2. The van der Waals surface area contributed by atoms with Crippen LogP contribution in [0.15, 0.2) is 0 Å². The summed E-state index contributed by atoms with van der Waals surface area (Å²) < 4.78 is 0. The van der Waals surface area contributed by atoms with Crippen molar-refractivity contribution in [2.75, 3.05) is 20.6 Å². The Bertz CT molecular complexity index is 192. The zero-order chi connectivity index (χ0) is 10.6. The van der Waals surface area contributed by atoms with Crippen molar-refractivity contribution in [3.05, 3.63) is 0 Å². The molecule has 1 aliphatic rings. The molecule has 0 radical (unpaired) electrons. The average molecular weight is 198 g/mol. The van der Waals surface area contributed by atoms with Gasteiger partial charge in [0.25, 0.3) is 0 Å². The van der Waals surface area contributed by atoms with E-state index < -0.39 is 0 Å². The van der Waals surface area contributed by atoms with Crippen LogP contribution in [0.1, 0.15) is 32.6 Å². The minimum Gasteiger partial charge on any atom is -0.348 e. The lowest BCUT2D eigenvalue weighted by Gasteiger charge is -2.20. The molecule has 0 saturated heterocycles. The average Bonchev–Trinajstić information content (AvgIpc) is 2.60. The molecule has 2 atom stereocenters. The summed E-state index contributed by atoms with van der Waals surface area (Å²) in [7, 11) is 3.60. The molecule has 0 aromatic rings. The number of likely N-dealkylation sites (N-methyl/N-ethyl adjacent to an activating group) is 1. The number of carbonyl (C=O) groups is 1. The minimum atomic E-state index is 0.173. The Morgan fingerprint density at radius 2 is 2.14 bits per heavy atom. The Hall–Kier alpha value is -0.570. The molecule has 0 spiro atoms. The van der Waals surface area contributed by atoms with E-state index in [9.17, 15) is 4.79 Å². The highest BCUT2D eigenvalue weighted by Crippen LogP contribution is 2.27. The summed E-state index contributed by atoms with van der Waals surface area (Å²) in [6.07, 6.45) is 5.10. The molecule has 0 bridgehead atoms. The highest BCUT2D eigenvalue weighted by Gasteiger charge is 2.25. The molecule has 14 heavy (non-hydrogen) atoms. The summed E-state index contributed by atoms with van der Waals surface area (Å²) in [5.41, 5.74) is 0. The molecule has 0 aliphatic heterocycles. The highest BCUT2D eigenvalue weighted by molar-refractivity contribution is 5.77. The van der Waals surface area contributed by atoms with Crippen molar-refractivity contribution < 1.29 is 4.79 Å². The highest BCUT2D eigenvalue weighted by atomic mass is 16.2. The fraction of sp³-hybridized carbons (Fsp3) is 0.909. The second-order valence-electron chi connectivity index (χ2n) is 4.37. The van der Waals surface area contributed by atoms with E-state index in [4.69, 9.17) is 0 Å². The molecule has 82 valence electrons. The van der Waals surface area contributed by atoms with E-state index >= 15 is 0 Å². The van der Waals surface area contributed by atoms with Crippen molar-refractivity contribution in [1.82, 2.24) is 10.2 Å². The standard InChI is InChI=1S/C11H22N2O/c1-4-9-6-5-7-10(9)12-8-11(14)13(2)3/h9-10,12H,4-8H2,1-3H3. The lowest BCUT2D eigenvalue weighted by molar-refractivity contribution is -0.127. The van der Waals surface area contributed by atoms with Gasteiger partial charge in [0.15, 0.2) is 0 Å². The summed E-state index contributed by atoms with van der Waals surface area (Å²) in [4.78, 5) is 13.0. The van der Waals surface area contributed by atoms with Crippen molar-refractivity contribution in [1.29, 1.82) is 0 Å². The fourth-order valence-electron chi connectivity index (χ4n) is 2.17. The Kier molecular flexibility index (Phi) is 4.39. The Morgan fingerprint density at radius 1 is 1.43 bits per heavy atom. The molecule has 1 N–H and O–H groups in total. The smallest absolute Gasteiger partial charge is 0.236 e. The van der Waals surface area contributed by atoms with Crippen LogP contribution < -0.4 is 5.32 Å². The summed E-state index contributed by atoms with van der Waals surface area (Å²) >= 11 is 0. The molecule has 3 heteroatoms. The van der Waals surface area contributed by atoms with Crippen molar-refractivity contribution in [3.8, 4) is 0 Å². The van der Waals surface area contributed by atoms with Crippen LogP contribution in [0.3, 0.4) is 0 Å². The molecule has 0 aromatic heterocycles. The first-order chi connectivity index (χ1) is 6.65. The maximum Gasteiger partial charge on any atom is 0.236 e. The van der Waals surface area contributed by atoms with E-state index in [0.29, 0.717) is 12.6 Å². The summed E-state index contributed by atoms with van der Waals surface area (Å²) in [5.74, 6) is 0.955. The zero-order valence-corrected chi connectivity index (χ0v) is 9.55. The van der Waals surface area contributed by atoms with Crippen LogP contribution in [0.5, 0.6) is 0 Å². The van der Waals surface area contributed by atoms with Gasteiger partial charge in [-0.25, -0.2) is 0 Å². The number of nitrogens with one attached hydrogen (secondary N) is 1. The molecular weight excluding hydrogens is 176 g/mol. The molecule has 1 aliphatic carbocycles. The lowest BCUT2D eigenvalue weighted by atomic mass is 10.0. The Labute approximate surface area is 86.9 Å². The number of nitrogens with zero attached hydrogens (tertiary/aromatic N) is 1. The van der Waals surface area contributed by atoms with Gasteiger partial charge < -0.3 is 10.2 Å². The first kappa shape index (κ1) is 11.5. The van der Waals surface area contributed by atoms with Gasteiger partial charge in [-0.2, -0.15) is 0 Å². The largest absolute Gasteiger partial charge is 0.348 e. The van der Waals surface area contributed by atoms with Crippen molar-refractivity contribution in [2.24, 2.45) is 5.92 Å². The first-order valence-electron chi connectivity index (χ1n) is 5.58.